The molecule has 0 atom stereocenters. The maximum Gasteiger partial charge on any atom is 0.255 e. The summed E-state index contributed by atoms with van der Waals surface area (Å²) in [5, 5.41) is 3.23. The third-order valence-electron chi connectivity index (χ3n) is 4.71. The van der Waals surface area contributed by atoms with E-state index in [1.54, 1.807) is 23.2 Å². The van der Waals surface area contributed by atoms with Gasteiger partial charge in [0, 0.05) is 31.0 Å². The van der Waals surface area contributed by atoms with Crippen LogP contribution in [0.1, 0.15) is 22.8 Å². The quantitative estimate of drug-likeness (QED) is 0.683. The summed E-state index contributed by atoms with van der Waals surface area (Å²) < 4.78 is 11.1. The van der Waals surface area contributed by atoms with Crippen LogP contribution in [0.25, 0.3) is 0 Å². The Morgan fingerprint density at radius 2 is 1.83 bits per heavy atom. The van der Waals surface area contributed by atoms with Crippen molar-refractivity contribution in [3.63, 3.8) is 0 Å². The van der Waals surface area contributed by atoms with Crippen molar-refractivity contribution in [3.05, 3.63) is 78.0 Å². The highest BCUT2D eigenvalue weighted by atomic mass is 16.6. The average Bonchev–Trinajstić information content (AvgIpc) is 2.78. The predicted molar refractivity (Wildman–Crippen MR) is 112 cm³/mol. The summed E-state index contributed by atoms with van der Waals surface area (Å²) in [7, 11) is 0. The van der Waals surface area contributed by atoms with E-state index in [0.29, 0.717) is 43.4 Å². The number of benzene rings is 2. The number of aromatic nitrogens is 1. The van der Waals surface area contributed by atoms with E-state index in [1.807, 2.05) is 55.5 Å². The Morgan fingerprint density at radius 1 is 1.03 bits per heavy atom. The highest BCUT2D eigenvalue weighted by molar-refractivity contribution is 5.94. The molecule has 1 amide bonds. The second-order valence-corrected chi connectivity index (χ2v) is 6.72. The van der Waals surface area contributed by atoms with Gasteiger partial charge in [0.1, 0.15) is 19.0 Å². The molecule has 0 saturated carbocycles. The number of anilines is 2. The molecule has 0 saturated heterocycles. The van der Waals surface area contributed by atoms with Crippen LogP contribution in [0.3, 0.4) is 0 Å². The molecule has 6 heteroatoms. The van der Waals surface area contributed by atoms with Crippen LogP contribution in [0.2, 0.25) is 0 Å². The van der Waals surface area contributed by atoms with Crippen LogP contribution in [0.4, 0.5) is 11.5 Å². The minimum atomic E-state index is -0.0327. The first kappa shape index (κ1) is 18.8. The van der Waals surface area contributed by atoms with Crippen LogP contribution in [-0.2, 0) is 6.54 Å². The Morgan fingerprint density at radius 3 is 2.55 bits per heavy atom. The molecule has 0 unspecified atom stereocenters. The van der Waals surface area contributed by atoms with E-state index < -0.39 is 0 Å². The van der Waals surface area contributed by atoms with Crippen molar-refractivity contribution < 1.29 is 14.3 Å². The van der Waals surface area contributed by atoms with Crippen molar-refractivity contribution in [2.75, 3.05) is 25.1 Å². The highest BCUT2D eigenvalue weighted by Gasteiger charge is 2.15. The number of fused-ring (bicyclic) bond motifs is 1. The topological polar surface area (TPSA) is 63.7 Å². The van der Waals surface area contributed by atoms with Crippen LogP contribution in [-0.4, -0.2) is 35.5 Å². The molecule has 0 bridgehead atoms. The molecule has 2 aromatic carbocycles. The maximum absolute atomic E-state index is 12.8. The standard InChI is InChI=1S/C23H23N3O3/c1-2-26(16-17-6-4-3-5-7-17)23(27)18-8-11-22(24-15-18)25-19-9-10-20-21(14-19)29-13-12-28-20/h3-11,14-15H,2,12-13,16H2,1H3,(H,24,25). The van der Waals surface area contributed by atoms with Gasteiger partial charge in [-0.1, -0.05) is 30.3 Å². The van der Waals surface area contributed by atoms with Crippen LogP contribution in [0.15, 0.2) is 66.9 Å². The van der Waals surface area contributed by atoms with E-state index in [-0.39, 0.29) is 5.91 Å². The van der Waals surface area contributed by atoms with Gasteiger partial charge in [-0.3, -0.25) is 4.79 Å². The van der Waals surface area contributed by atoms with Gasteiger partial charge < -0.3 is 19.7 Å². The van der Waals surface area contributed by atoms with Gasteiger partial charge in [-0.05, 0) is 36.8 Å². The van der Waals surface area contributed by atoms with Gasteiger partial charge in [0.25, 0.3) is 5.91 Å². The van der Waals surface area contributed by atoms with Crippen LogP contribution in [0.5, 0.6) is 11.5 Å². The first-order chi connectivity index (χ1) is 14.2. The molecule has 1 aliphatic heterocycles. The average molecular weight is 389 g/mol. The summed E-state index contributed by atoms with van der Waals surface area (Å²) in [5.41, 5.74) is 2.52. The number of hydrogen-bond donors (Lipinski definition) is 1. The molecule has 4 rings (SSSR count). The number of nitrogens with zero attached hydrogens (tertiary/aromatic N) is 2. The summed E-state index contributed by atoms with van der Waals surface area (Å²) in [6.45, 7) is 4.29. The molecule has 148 valence electrons. The van der Waals surface area contributed by atoms with Crippen molar-refractivity contribution in [1.82, 2.24) is 9.88 Å². The van der Waals surface area contributed by atoms with E-state index >= 15 is 0 Å². The van der Waals surface area contributed by atoms with Gasteiger partial charge in [0.05, 0.1) is 5.56 Å². The van der Waals surface area contributed by atoms with Crippen molar-refractivity contribution in [1.29, 1.82) is 0 Å². The van der Waals surface area contributed by atoms with Crippen LogP contribution in [0, 0.1) is 0 Å². The largest absolute Gasteiger partial charge is 0.486 e. The minimum absolute atomic E-state index is 0.0327. The summed E-state index contributed by atoms with van der Waals surface area (Å²) in [4.78, 5) is 19.1. The zero-order chi connectivity index (χ0) is 20.1. The molecule has 1 aliphatic rings. The lowest BCUT2D eigenvalue weighted by atomic mass is 10.2. The van der Waals surface area contributed by atoms with Gasteiger partial charge in [-0.2, -0.15) is 0 Å². The zero-order valence-electron chi connectivity index (χ0n) is 16.3. The van der Waals surface area contributed by atoms with Crippen LogP contribution >= 0.6 is 0 Å². The number of nitrogens with one attached hydrogen (secondary N) is 1. The Bertz CT molecular complexity index is 974. The van der Waals surface area contributed by atoms with E-state index in [0.717, 1.165) is 17.0 Å². The lowest BCUT2D eigenvalue weighted by molar-refractivity contribution is 0.0752. The molecule has 0 radical (unpaired) electrons. The van der Waals surface area contributed by atoms with Gasteiger partial charge in [-0.25, -0.2) is 4.98 Å². The van der Waals surface area contributed by atoms with Crippen LogP contribution < -0.4 is 14.8 Å². The van der Waals surface area contributed by atoms with E-state index in [2.05, 4.69) is 10.3 Å². The monoisotopic (exact) mass is 389 g/mol. The number of pyridine rings is 1. The minimum Gasteiger partial charge on any atom is -0.486 e. The first-order valence-electron chi connectivity index (χ1n) is 9.69. The number of hydrogen-bond acceptors (Lipinski definition) is 5. The van der Waals surface area contributed by atoms with Gasteiger partial charge >= 0.3 is 0 Å². The van der Waals surface area contributed by atoms with E-state index in [1.165, 1.54) is 0 Å². The van der Waals surface area contributed by atoms with E-state index in [9.17, 15) is 4.79 Å². The predicted octanol–water partition coefficient (Wildman–Crippen LogP) is 4.26. The molecule has 0 spiro atoms. The summed E-state index contributed by atoms with van der Waals surface area (Å²) in [5.74, 6) is 2.08. The molecule has 6 nitrogen and oxygen atoms in total. The Kier molecular flexibility index (Phi) is 5.61. The maximum atomic E-state index is 12.8. The van der Waals surface area contributed by atoms with Gasteiger partial charge in [0.15, 0.2) is 11.5 Å². The number of rotatable bonds is 6. The first-order valence-corrected chi connectivity index (χ1v) is 9.69. The fourth-order valence-corrected chi connectivity index (χ4v) is 3.18. The fraction of sp³-hybridized carbons (Fsp3) is 0.217. The molecule has 2 heterocycles. The molecule has 29 heavy (non-hydrogen) atoms. The third-order valence-corrected chi connectivity index (χ3v) is 4.71. The third kappa shape index (κ3) is 4.48. The molecular weight excluding hydrogens is 366 g/mol. The summed E-state index contributed by atoms with van der Waals surface area (Å²) in [6, 6.07) is 19.2. The SMILES string of the molecule is CCN(Cc1ccccc1)C(=O)c1ccc(Nc2ccc3c(c2)OCCO3)nc1. The molecule has 0 fully saturated rings. The number of ether oxygens (including phenoxy) is 2. The smallest absolute Gasteiger partial charge is 0.255 e. The summed E-state index contributed by atoms with van der Waals surface area (Å²) >= 11 is 0. The fourth-order valence-electron chi connectivity index (χ4n) is 3.18. The van der Waals surface area contributed by atoms with Crippen molar-refractivity contribution >= 4 is 17.4 Å². The second kappa shape index (κ2) is 8.65. The molecule has 0 aliphatic carbocycles. The Labute approximate surface area is 170 Å². The molecule has 1 N–H and O–H groups in total. The van der Waals surface area contributed by atoms with Crippen molar-refractivity contribution in [2.24, 2.45) is 0 Å². The lowest BCUT2D eigenvalue weighted by Gasteiger charge is -2.21. The highest BCUT2D eigenvalue weighted by Crippen LogP contribution is 2.33. The van der Waals surface area contributed by atoms with Crippen molar-refractivity contribution in [2.45, 2.75) is 13.5 Å². The number of amides is 1. The normalized spacial score (nSPS) is 12.3. The van der Waals surface area contributed by atoms with Gasteiger partial charge in [-0.15, -0.1) is 0 Å². The summed E-state index contributed by atoms with van der Waals surface area (Å²) in [6.07, 6.45) is 1.61. The van der Waals surface area contributed by atoms with E-state index in [4.69, 9.17) is 9.47 Å². The number of carbonyl (C=O) groups excluding carboxylic acids is 1. The molecule has 3 aromatic rings. The Balaban J connectivity index is 1.43. The molecule has 1 aromatic heterocycles. The van der Waals surface area contributed by atoms with Crippen molar-refractivity contribution in [3.8, 4) is 11.5 Å². The zero-order valence-corrected chi connectivity index (χ0v) is 16.3. The lowest BCUT2D eigenvalue weighted by Crippen LogP contribution is -2.30. The number of carbonyl (C=O) groups is 1. The van der Waals surface area contributed by atoms with Gasteiger partial charge in [0.2, 0.25) is 0 Å². The molecular formula is C23H23N3O3. The second-order valence-electron chi connectivity index (χ2n) is 6.72. The Hall–Kier alpha value is -3.54.